The standard InChI is InChI=1S/C25H24N2O2.C7H14O.C2H6/c1-17-6-10-19(11-7-17)22-16-27-24-21(23(22)28-2)5-4-14-25(24,29-3)20-12-8-18(15-26)9-13-20;1-6-4-3-5-7(2)8-6;1-2/h6-13,16H,4-5,14H2,1-3H3;6-7H,3-5H2,1-2H3;1-2H3. The summed E-state index contributed by atoms with van der Waals surface area (Å²) in [6.45, 7) is 10.4. The lowest BCUT2D eigenvalue weighted by molar-refractivity contribution is -0.0292. The first kappa shape index (κ1) is 30.3. The molecule has 5 rings (SSSR count). The van der Waals surface area contributed by atoms with Gasteiger partial charge in [-0.3, -0.25) is 4.98 Å². The first-order valence-corrected chi connectivity index (χ1v) is 14.3. The molecular formula is C34H44N2O3. The number of aromatic nitrogens is 1. The van der Waals surface area contributed by atoms with Crippen LogP contribution in [0.2, 0.25) is 0 Å². The fourth-order valence-corrected chi connectivity index (χ4v) is 5.56. The van der Waals surface area contributed by atoms with Crippen LogP contribution < -0.4 is 4.74 Å². The van der Waals surface area contributed by atoms with E-state index >= 15 is 0 Å². The highest BCUT2D eigenvalue weighted by molar-refractivity contribution is 5.72. The quantitative estimate of drug-likeness (QED) is 0.342. The number of hydrogen-bond donors (Lipinski definition) is 0. The molecule has 39 heavy (non-hydrogen) atoms. The Bertz CT molecular complexity index is 1220. The zero-order chi connectivity index (χ0) is 28.4. The van der Waals surface area contributed by atoms with Gasteiger partial charge in [-0.25, -0.2) is 0 Å². The fourth-order valence-electron chi connectivity index (χ4n) is 5.56. The number of nitrogens with zero attached hydrogens (tertiary/aromatic N) is 2. The second-order valence-corrected chi connectivity index (χ2v) is 10.2. The topological polar surface area (TPSA) is 64.4 Å². The minimum atomic E-state index is -0.638. The van der Waals surface area contributed by atoms with E-state index in [0.717, 1.165) is 53.0 Å². The highest BCUT2D eigenvalue weighted by Gasteiger charge is 2.41. The molecule has 3 atom stereocenters. The number of ether oxygens (including phenoxy) is 3. The summed E-state index contributed by atoms with van der Waals surface area (Å²) in [6, 6.07) is 18.2. The molecule has 2 heterocycles. The Labute approximate surface area is 235 Å². The molecule has 5 nitrogen and oxygen atoms in total. The van der Waals surface area contributed by atoms with Gasteiger partial charge in [0.2, 0.25) is 0 Å². The van der Waals surface area contributed by atoms with Crippen molar-refractivity contribution in [3.63, 3.8) is 0 Å². The van der Waals surface area contributed by atoms with Crippen molar-refractivity contribution >= 4 is 0 Å². The van der Waals surface area contributed by atoms with Crippen LogP contribution in [0.1, 0.15) is 87.7 Å². The largest absolute Gasteiger partial charge is 0.496 e. The van der Waals surface area contributed by atoms with Crippen LogP contribution in [0, 0.1) is 18.3 Å². The van der Waals surface area contributed by atoms with Crippen LogP contribution in [-0.4, -0.2) is 31.4 Å². The van der Waals surface area contributed by atoms with E-state index in [0.29, 0.717) is 17.8 Å². The first-order chi connectivity index (χ1) is 18.9. The Balaban J connectivity index is 0.000000357. The molecule has 2 aliphatic rings. The number of methoxy groups -OCH3 is 2. The molecule has 0 radical (unpaired) electrons. The third kappa shape index (κ3) is 6.87. The molecule has 1 saturated heterocycles. The Morgan fingerprint density at radius 3 is 2.10 bits per heavy atom. The molecule has 1 aromatic heterocycles. The predicted molar refractivity (Wildman–Crippen MR) is 158 cm³/mol. The van der Waals surface area contributed by atoms with E-state index in [1.807, 2.05) is 44.3 Å². The average molecular weight is 529 g/mol. The molecule has 0 amide bonds. The minimum absolute atomic E-state index is 0.513. The first-order valence-electron chi connectivity index (χ1n) is 14.3. The Hall–Kier alpha value is -3.20. The van der Waals surface area contributed by atoms with Crippen molar-refractivity contribution in [2.45, 2.75) is 91.0 Å². The molecule has 0 spiro atoms. The van der Waals surface area contributed by atoms with E-state index in [2.05, 4.69) is 51.1 Å². The molecule has 2 aromatic carbocycles. The van der Waals surface area contributed by atoms with Crippen molar-refractivity contribution in [2.24, 2.45) is 0 Å². The third-order valence-corrected chi connectivity index (χ3v) is 7.55. The predicted octanol–water partition coefficient (Wildman–Crippen LogP) is 8.15. The van der Waals surface area contributed by atoms with Crippen molar-refractivity contribution in [1.82, 2.24) is 4.98 Å². The van der Waals surface area contributed by atoms with Crippen LogP contribution in [0.5, 0.6) is 5.75 Å². The molecule has 3 aromatic rings. The number of nitriles is 1. The van der Waals surface area contributed by atoms with Gasteiger partial charge in [0, 0.05) is 24.4 Å². The Kier molecular flexibility index (Phi) is 11.1. The van der Waals surface area contributed by atoms with Crippen molar-refractivity contribution in [3.8, 4) is 22.9 Å². The molecule has 1 aliphatic heterocycles. The summed E-state index contributed by atoms with van der Waals surface area (Å²) in [5, 5.41) is 9.13. The summed E-state index contributed by atoms with van der Waals surface area (Å²) < 4.78 is 17.5. The van der Waals surface area contributed by atoms with Crippen molar-refractivity contribution in [2.75, 3.05) is 14.2 Å². The normalized spacial score (nSPS) is 21.7. The molecule has 3 unspecified atom stereocenters. The summed E-state index contributed by atoms with van der Waals surface area (Å²) in [7, 11) is 3.45. The van der Waals surface area contributed by atoms with E-state index in [4.69, 9.17) is 24.5 Å². The fraction of sp³-hybridized carbons (Fsp3) is 0.471. The van der Waals surface area contributed by atoms with Crippen molar-refractivity contribution in [1.29, 1.82) is 5.26 Å². The smallest absolute Gasteiger partial charge is 0.135 e. The maximum Gasteiger partial charge on any atom is 0.135 e. The summed E-state index contributed by atoms with van der Waals surface area (Å²) in [5.41, 5.74) is 6.33. The summed E-state index contributed by atoms with van der Waals surface area (Å²) in [5.74, 6) is 0.869. The van der Waals surface area contributed by atoms with Gasteiger partial charge in [-0.15, -0.1) is 0 Å². The van der Waals surface area contributed by atoms with Gasteiger partial charge in [0.25, 0.3) is 0 Å². The monoisotopic (exact) mass is 528 g/mol. The molecule has 5 heteroatoms. The van der Waals surface area contributed by atoms with Crippen molar-refractivity contribution < 1.29 is 14.2 Å². The lowest BCUT2D eigenvalue weighted by Crippen LogP contribution is -2.35. The maximum absolute atomic E-state index is 9.13. The van der Waals surface area contributed by atoms with E-state index in [9.17, 15) is 0 Å². The van der Waals surface area contributed by atoms with Gasteiger partial charge in [0.15, 0.2) is 0 Å². The number of fused-ring (bicyclic) bond motifs is 1. The highest BCUT2D eigenvalue weighted by Crippen LogP contribution is 2.47. The number of benzene rings is 2. The van der Waals surface area contributed by atoms with Gasteiger partial charge in [-0.05, 0) is 82.6 Å². The van der Waals surface area contributed by atoms with Crippen LogP contribution in [0.4, 0.5) is 0 Å². The maximum atomic E-state index is 9.13. The second-order valence-electron chi connectivity index (χ2n) is 10.2. The summed E-state index contributed by atoms with van der Waals surface area (Å²) in [6.07, 6.45) is 9.48. The second kappa shape index (κ2) is 14.3. The zero-order valence-electron chi connectivity index (χ0n) is 24.7. The van der Waals surface area contributed by atoms with Crippen LogP contribution >= 0.6 is 0 Å². The Morgan fingerprint density at radius 1 is 0.949 bits per heavy atom. The number of aryl methyl sites for hydroxylation is 1. The van der Waals surface area contributed by atoms with Gasteiger partial charge in [0.1, 0.15) is 11.4 Å². The molecule has 208 valence electrons. The van der Waals surface area contributed by atoms with Gasteiger partial charge < -0.3 is 14.2 Å². The summed E-state index contributed by atoms with van der Waals surface area (Å²) >= 11 is 0. The van der Waals surface area contributed by atoms with E-state index in [-0.39, 0.29) is 0 Å². The minimum Gasteiger partial charge on any atom is -0.496 e. The van der Waals surface area contributed by atoms with E-state index in [1.165, 1.54) is 24.8 Å². The number of rotatable bonds is 4. The van der Waals surface area contributed by atoms with E-state index in [1.54, 1.807) is 14.2 Å². The number of pyridine rings is 1. The lowest BCUT2D eigenvalue weighted by Gasteiger charge is -2.38. The van der Waals surface area contributed by atoms with Crippen LogP contribution in [0.3, 0.4) is 0 Å². The van der Waals surface area contributed by atoms with Crippen LogP contribution in [0.25, 0.3) is 11.1 Å². The van der Waals surface area contributed by atoms with Crippen LogP contribution in [-0.2, 0) is 21.5 Å². The lowest BCUT2D eigenvalue weighted by atomic mass is 9.76. The van der Waals surface area contributed by atoms with Gasteiger partial charge in [0.05, 0.1) is 36.6 Å². The molecule has 0 N–H and O–H groups in total. The molecular weight excluding hydrogens is 484 g/mol. The Morgan fingerprint density at radius 2 is 1.59 bits per heavy atom. The summed E-state index contributed by atoms with van der Waals surface area (Å²) in [4.78, 5) is 4.90. The van der Waals surface area contributed by atoms with Crippen molar-refractivity contribution in [3.05, 3.63) is 82.7 Å². The molecule has 0 saturated carbocycles. The number of hydrogen-bond acceptors (Lipinski definition) is 5. The third-order valence-electron chi connectivity index (χ3n) is 7.55. The van der Waals surface area contributed by atoms with Gasteiger partial charge >= 0.3 is 0 Å². The van der Waals surface area contributed by atoms with E-state index < -0.39 is 5.60 Å². The molecule has 0 bridgehead atoms. The molecule has 1 fully saturated rings. The SMILES string of the molecule is CC.CC1CCCC(C)O1.COc1c(-c2ccc(C)cc2)cnc2c1CCCC2(OC)c1ccc(C#N)cc1. The van der Waals surface area contributed by atoms with Gasteiger partial charge in [-0.2, -0.15) is 5.26 Å². The zero-order valence-corrected chi connectivity index (χ0v) is 24.7. The van der Waals surface area contributed by atoms with Gasteiger partial charge in [-0.1, -0.05) is 55.8 Å². The van der Waals surface area contributed by atoms with Crippen LogP contribution in [0.15, 0.2) is 54.7 Å². The highest BCUT2D eigenvalue weighted by atomic mass is 16.5. The molecule has 1 aliphatic carbocycles. The average Bonchev–Trinajstić information content (AvgIpc) is 2.98.